The normalized spacial score (nSPS) is 16.8. The first-order valence-corrected chi connectivity index (χ1v) is 5.71. The van der Waals surface area contributed by atoms with Gasteiger partial charge in [-0.05, 0) is 38.6 Å². The first-order valence-electron chi connectivity index (χ1n) is 5.71. The molecule has 0 saturated heterocycles. The summed E-state index contributed by atoms with van der Waals surface area (Å²) in [6.07, 6.45) is 6.29. The molecule has 0 aliphatic heterocycles. The molecular formula is C11H17N3O2. The smallest absolute Gasteiger partial charge is 0.326 e. The van der Waals surface area contributed by atoms with E-state index in [1.54, 1.807) is 10.9 Å². The average Bonchev–Trinajstić information content (AvgIpc) is 2.69. The highest BCUT2D eigenvalue weighted by molar-refractivity contribution is 5.72. The maximum absolute atomic E-state index is 11.2. The molecule has 1 aliphatic carbocycles. The Morgan fingerprint density at radius 1 is 1.56 bits per heavy atom. The lowest BCUT2D eigenvalue weighted by Crippen LogP contribution is -2.24. The minimum Gasteiger partial charge on any atom is -0.480 e. The predicted molar refractivity (Wildman–Crippen MR) is 59.2 cm³/mol. The molecule has 0 fully saturated rings. The van der Waals surface area contributed by atoms with Gasteiger partial charge in [-0.2, -0.15) is 0 Å². The van der Waals surface area contributed by atoms with Gasteiger partial charge in [0.25, 0.3) is 0 Å². The second-order valence-corrected chi connectivity index (χ2v) is 4.18. The Morgan fingerprint density at radius 2 is 2.31 bits per heavy atom. The molecule has 1 aromatic heterocycles. The first-order chi connectivity index (χ1) is 7.74. The molecule has 5 heteroatoms. The molecule has 1 atom stereocenters. The number of nitrogens with two attached hydrogens (primary N) is 1. The SMILES string of the molecule is NCCC(C(=O)O)n1cnc2c1CCCC2. The highest BCUT2D eigenvalue weighted by Gasteiger charge is 2.24. The van der Waals surface area contributed by atoms with E-state index in [9.17, 15) is 9.90 Å². The third-order valence-corrected chi connectivity index (χ3v) is 3.12. The number of aliphatic carboxylic acids is 1. The van der Waals surface area contributed by atoms with Crippen molar-refractivity contribution >= 4 is 5.97 Å². The number of carboxylic acids is 1. The lowest BCUT2D eigenvalue weighted by Gasteiger charge is -2.19. The molecule has 1 heterocycles. The summed E-state index contributed by atoms with van der Waals surface area (Å²) in [5.74, 6) is -0.823. The van der Waals surface area contributed by atoms with Crippen LogP contribution >= 0.6 is 0 Å². The summed E-state index contributed by atoms with van der Waals surface area (Å²) in [4.78, 5) is 15.5. The number of rotatable bonds is 4. The third kappa shape index (κ3) is 1.95. The van der Waals surface area contributed by atoms with Crippen LogP contribution in [0.25, 0.3) is 0 Å². The fourth-order valence-corrected chi connectivity index (χ4v) is 2.30. The molecule has 0 aromatic carbocycles. The van der Waals surface area contributed by atoms with E-state index in [-0.39, 0.29) is 0 Å². The van der Waals surface area contributed by atoms with Gasteiger partial charge in [0, 0.05) is 5.69 Å². The molecule has 88 valence electrons. The number of nitrogens with zero attached hydrogens (tertiary/aromatic N) is 2. The van der Waals surface area contributed by atoms with Crippen molar-refractivity contribution in [1.82, 2.24) is 9.55 Å². The number of aryl methyl sites for hydroxylation is 1. The van der Waals surface area contributed by atoms with Gasteiger partial charge in [0.15, 0.2) is 0 Å². The molecule has 0 bridgehead atoms. The zero-order valence-corrected chi connectivity index (χ0v) is 9.22. The first kappa shape index (κ1) is 11.1. The maximum Gasteiger partial charge on any atom is 0.326 e. The van der Waals surface area contributed by atoms with Crippen molar-refractivity contribution in [3.63, 3.8) is 0 Å². The summed E-state index contributed by atoms with van der Waals surface area (Å²) in [6, 6.07) is -0.556. The topological polar surface area (TPSA) is 81.1 Å². The van der Waals surface area contributed by atoms with Crippen molar-refractivity contribution in [3.05, 3.63) is 17.7 Å². The van der Waals surface area contributed by atoms with Gasteiger partial charge in [-0.3, -0.25) is 0 Å². The van der Waals surface area contributed by atoms with Crippen LogP contribution in [0.3, 0.4) is 0 Å². The minimum atomic E-state index is -0.823. The highest BCUT2D eigenvalue weighted by Crippen LogP contribution is 2.24. The van der Waals surface area contributed by atoms with Gasteiger partial charge in [0.2, 0.25) is 0 Å². The number of hydrogen-bond donors (Lipinski definition) is 2. The molecule has 0 radical (unpaired) electrons. The van der Waals surface area contributed by atoms with Crippen LogP contribution in [-0.2, 0) is 17.6 Å². The Bertz CT molecular complexity index is 387. The van der Waals surface area contributed by atoms with E-state index in [0.29, 0.717) is 13.0 Å². The minimum absolute atomic E-state index is 0.379. The lowest BCUT2D eigenvalue weighted by atomic mass is 10.0. The van der Waals surface area contributed by atoms with Gasteiger partial charge in [-0.1, -0.05) is 0 Å². The molecule has 1 aromatic rings. The van der Waals surface area contributed by atoms with Crippen LogP contribution in [0.5, 0.6) is 0 Å². The predicted octanol–water partition coefficient (Wildman–Crippen LogP) is 0.736. The summed E-state index contributed by atoms with van der Waals surface area (Å²) in [7, 11) is 0. The van der Waals surface area contributed by atoms with E-state index < -0.39 is 12.0 Å². The van der Waals surface area contributed by atoms with E-state index in [0.717, 1.165) is 37.1 Å². The van der Waals surface area contributed by atoms with Crippen LogP contribution in [0.4, 0.5) is 0 Å². The Labute approximate surface area is 94.3 Å². The van der Waals surface area contributed by atoms with Crippen LogP contribution in [0.1, 0.15) is 36.7 Å². The van der Waals surface area contributed by atoms with Crippen molar-refractivity contribution in [2.24, 2.45) is 5.73 Å². The molecule has 3 N–H and O–H groups in total. The number of carbonyl (C=O) groups is 1. The highest BCUT2D eigenvalue weighted by atomic mass is 16.4. The Hall–Kier alpha value is -1.36. The van der Waals surface area contributed by atoms with Crippen molar-refractivity contribution in [3.8, 4) is 0 Å². The number of fused-ring (bicyclic) bond motifs is 1. The number of hydrogen-bond acceptors (Lipinski definition) is 3. The van der Waals surface area contributed by atoms with Crippen LogP contribution in [0.15, 0.2) is 6.33 Å². The molecule has 1 aliphatic rings. The van der Waals surface area contributed by atoms with Crippen LogP contribution in [-0.4, -0.2) is 27.2 Å². The summed E-state index contributed by atoms with van der Waals surface area (Å²) >= 11 is 0. The monoisotopic (exact) mass is 223 g/mol. The molecular weight excluding hydrogens is 206 g/mol. The maximum atomic E-state index is 11.2. The van der Waals surface area contributed by atoms with Gasteiger partial charge >= 0.3 is 5.97 Å². The quantitative estimate of drug-likeness (QED) is 0.788. The molecule has 0 amide bonds. The van der Waals surface area contributed by atoms with Crippen molar-refractivity contribution in [1.29, 1.82) is 0 Å². The largest absolute Gasteiger partial charge is 0.480 e. The zero-order valence-electron chi connectivity index (χ0n) is 9.22. The molecule has 0 spiro atoms. The molecule has 5 nitrogen and oxygen atoms in total. The van der Waals surface area contributed by atoms with Gasteiger partial charge in [-0.15, -0.1) is 0 Å². The Morgan fingerprint density at radius 3 is 3.00 bits per heavy atom. The van der Waals surface area contributed by atoms with Gasteiger partial charge < -0.3 is 15.4 Å². The van der Waals surface area contributed by atoms with E-state index in [2.05, 4.69) is 4.98 Å². The third-order valence-electron chi connectivity index (χ3n) is 3.12. The second kappa shape index (κ2) is 4.65. The van der Waals surface area contributed by atoms with Gasteiger partial charge in [0.05, 0.1) is 12.0 Å². The summed E-state index contributed by atoms with van der Waals surface area (Å²) in [5.41, 5.74) is 7.61. The van der Waals surface area contributed by atoms with E-state index in [4.69, 9.17) is 5.73 Å². The number of carboxylic acid groups (broad SMARTS) is 1. The van der Waals surface area contributed by atoms with Crippen LogP contribution in [0.2, 0.25) is 0 Å². The fraction of sp³-hybridized carbons (Fsp3) is 0.636. The van der Waals surface area contributed by atoms with Crippen LogP contribution in [0, 0.1) is 0 Å². The van der Waals surface area contributed by atoms with Gasteiger partial charge in [-0.25, -0.2) is 9.78 Å². The van der Waals surface area contributed by atoms with E-state index >= 15 is 0 Å². The average molecular weight is 223 g/mol. The lowest BCUT2D eigenvalue weighted by molar-refractivity contribution is -0.141. The summed E-state index contributed by atoms with van der Waals surface area (Å²) < 4.78 is 1.80. The van der Waals surface area contributed by atoms with Gasteiger partial charge in [0.1, 0.15) is 6.04 Å². The Kier molecular flexibility index (Phi) is 3.24. The Balaban J connectivity index is 2.30. The number of aromatic nitrogens is 2. The zero-order chi connectivity index (χ0) is 11.5. The standard InChI is InChI=1S/C11H17N3O2/c12-6-5-10(11(15)16)14-7-13-8-3-1-2-4-9(8)14/h7,10H,1-6,12H2,(H,15,16). The summed E-state index contributed by atoms with van der Waals surface area (Å²) in [6.45, 7) is 0.379. The fourth-order valence-electron chi connectivity index (χ4n) is 2.30. The second-order valence-electron chi connectivity index (χ2n) is 4.18. The molecule has 0 saturated carbocycles. The van der Waals surface area contributed by atoms with Crippen LogP contribution < -0.4 is 5.73 Å². The van der Waals surface area contributed by atoms with Crippen molar-refractivity contribution in [2.75, 3.05) is 6.54 Å². The molecule has 2 rings (SSSR count). The van der Waals surface area contributed by atoms with E-state index in [1.807, 2.05) is 0 Å². The van der Waals surface area contributed by atoms with Crippen molar-refractivity contribution in [2.45, 2.75) is 38.1 Å². The molecule has 16 heavy (non-hydrogen) atoms. The van der Waals surface area contributed by atoms with E-state index in [1.165, 1.54) is 0 Å². The number of imidazole rings is 1. The summed E-state index contributed by atoms with van der Waals surface area (Å²) in [5, 5.41) is 9.17. The van der Waals surface area contributed by atoms with Crippen molar-refractivity contribution < 1.29 is 9.90 Å². The molecule has 1 unspecified atom stereocenters.